The predicted octanol–water partition coefficient (Wildman–Crippen LogP) is 2.44. The minimum Gasteiger partial charge on any atom is -0.496 e. The monoisotopic (exact) mass is 259 g/mol. The Bertz CT molecular complexity index is 436. The van der Waals surface area contributed by atoms with Gasteiger partial charge in [-0.2, -0.15) is 0 Å². The molecule has 0 saturated heterocycles. The maximum atomic E-state index is 13.0. The molecule has 1 rings (SSSR count). The topological polar surface area (TPSA) is 48.4 Å². The van der Waals surface area contributed by atoms with Crippen LogP contribution in [0.1, 0.15) is 30.3 Å². The zero-order valence-electron chi connectivity index (χ0n) is 10.5. The van der Waals surface area contributed by atoms with Crippen molar-refractivity contribution in [2.75, 3.05) is 13.7 Å². The number of hydrogen-bond acceptors (Lipinski definition) is 4. The van der Waals surface area contributed by atoms with E-state index in [1.807, 2.05) is 0 Å². The summed E-state index contributed by atoms with van der Waals surface area (Å²) in [6.45, 7) is 3.49. The van der Waals surface area contributed by atoms with E-state index in [9.17, 15) is 13.6 Å². The Labute approximate surface area is 104 Å². The molecule has 0 N–H and O–H groups in total. The molecule has 1 heterocycles. The molecule has 0 bridgehead atoms. The van der Waals surface area contributed by atoms with Crippen molar-refractivity contribution in [1.82, 2.24) is 4.98 Å². The van der Waals surface area contributed by atoms with Gasteiger partial charge in [-0.1, -0.05) is 0 Å². The number of alkyl halides is 2. The smallest absolute Gasteiger partial charge is 0.311 e. The molecule has 0 spiro atoms. The van der Waals surface area contributed by atoms with Gasteiger partial charge in [-0.3, -0.25) is 9.78 Å². The summed E-state index contributed by atoms with van der Waals surface area (Å²) in [5.74, 6) is -0.545. The van der Waals surface area contributed by atoms with Crippen LogP contribution in [0.5, 0.6) is 5.75 Å². The molecule has 18 heavy (non-hydrogen) atoms. The Kier molecular flexibility index (Phi) is 5.00. The fraction of sp³-hybridized carbons (Fsp3) is 0.500. The first-order chi connectivity index (χ1) is 8.49. The lowest BCUT2D eigenvalue weighted by Crippen LogP contribution is -2.12. The summed E-state index contributed by atoms with van der Waals surface area (Å²) in [4.78, 5) is 15.3. The number of carbonyl (C=O) groups is 1. The van der Waals surface area contributed by atoms with Crippen molar-refractivity contribution in [3.8, 4) is 5.75 Å². The minimum atomic E-state index is -2.75. The number of pyridine rings is 1. The summed E-state index contributed by atoms with van der Waals surface area (Å²) in [6.07, 6.45) is -3.04. The van der Waals surface area contributed by atoms with Crippen LogP contribution in [0.3, 0.4) is 0 Å². The standard InChI is InChI=1S/C12H15F2NO3/c1-4-18-10(16)6-8-11(12(13)14)9(17-3)5-7(2)15-8/h5,12H,4,6H2,1-3H3. The van der Waals surface area contributed by atoms with E-state index in [0.717, 1.165) is 0 Å². The summed E-state index contributed by atoms with van der Waals surface area (Å²) in [7, 11) is 1.30. The van der Waals surface area contributed by atoms with E-state index < -0.39 is 12.4 Å². The van der Waals surface area contributed by atoms with Gasteiger partial charge in [0.2, 0.25) is 0 Å². The summed E-state index contributed by atoms with van der Waals surface area (Å²) in [6, 6.07) is 1.41. The molecule has 1 aromatic rings. The third kappa shape index (κ3) is 3.38. The lowest BCUT2D eigenvalue weighted by atomic mass is 10.1. The van der Waals surface area contributed by atoms with E-state index in [1.54, 1.807) is 13.8 Å². The Hall–Kier alpha value is -1.72. The van der Waals surface area contributed by atoms with Crippen LogP contribution >= 0.6 is 0 Å². The molecule has 100 valence electrons. The molecular weight excluding hydrogens is 244 g/mol. The van der Waals surface area contributed by atoms with Crippen molar-refractivity contribution >= 4 is 5.97 Å². The van der Waals surface area contributed by atoms with Crippen molar-refractivity contribution < 1.29 is 23.0 Å². The lowest BCUT2D eigenvalue weighted by molar-refractivity contribution is -0.142. The average molecular weight is 259 g/mol. The highest BCUT2D eigenvalue weighted by molar-refractivity contribution is 5.72. The molecule has 0 radical (unpaired) electrons. The second-order valence-electron chi connectivity index (χ2n) is 3.61. The van der Waals surface area contributed by atoms with Gasteiger partial charge in [0, 0.05) is 11.8 Å². The fourth-order valence-corrected chi connectivity index (χ4v) is 1.60. The average Bonchev–Trinajstić information content (AvgIpc) is 2.27. The molecule has 0 fully saturated rings. The molecule has 6 heteroatoms. The highest BCUT2D eigenvalue weighted by Crippen LogP contribution is 2.32. The van der Waals surface area contributed by atoms with Crippen LogP contribution in [0.25, 0.3) is 0 Å². The second kappa shape index (κ2) is 6.28. The molecule has 0 aliphatic heterocycles. The quantitative estimate of drug-likeness (QED) is 0.762. The van der Waals surface area contributed by atoms with Crippen LogP contribution in [-0.2, 0) is 16.0 Å². The molecule has 0 unspecified atom stereocenters. The molecule has 0 aliphatic rings. The van der Waals surface area contributed by atoms with Crippen LogP contribution in [0.15, 0.2) is 6.07 Å². The Morgan fingerprint density at radius 2 is 2.17 bits per heavy atom. The van der Waals surface area contributed by atoms with Gasteiger partial charge in [-0.15, -0.1) is 0 Å². The van der Waals surface area contributed by atoms with Gasteiger partial charge in [0.15, 0.2) is 0 Å². The molecule has 4 nitrogen and oxygen atoms in total. The van der Waals surface area contributed by atoms with Crippen molar-refractivity contribution in [3.63, 3.8) is 0 Å². The molecule has 0 aliphatic carbocycles. The number of carbonyl (C=O) groups excluding carboxylic acids is 1. The highest BCUT2D eigenvalue weighted by Gasteiger charge is 2.22. The maximum absolute atomic E-state index is 13.0. The highest BCUT2D eigenvalue weighted by atomic mass is 19.3. The van der Waals surface area contributed by atoms with Crippen molar-refractivity contribution in [2.24, 2.45) is 0 Å². The Balaban J connectivity index is 3.15. The van der Waals surface area contributed by atoms with E-state index in [2.05, 4.69) is 4.98 Å². The number of rotatable bonds is 5. The number of methoxy groups -OCH3 is 1. The first-order valence-electron chi connectivity index (χ1n) is 5.47. The third-order valence-electron chi connectivity index (χ3n) is 2.28. The van der Waals surface area contributed by atoms with Gasteiger partial charge in [0.05, 0.1) is 31.4 Å². The number of ether oxygens (including phenoxy) is 2. The zero-order valence-corrected chi connectivity index (χ0v) is 10.5. The first-order valence-corrected chi connectivity index (χ1v) is 5.47. The molecule has 1 aromatic heterocycles. The molecule has 0 amide bonds. The van der Waals surface area contributed by atoms with Crippen LogP contribution in [0, 0.1) is 6.92 Å². The van der Waals surface area contributed by atoms with E-state index in [4.69, 9.17) is 9.47 Å². The number of esters is 1. The van der Waals surface area contributed by atoms with Crippen LogP contribution in [0.4, 0.5) is 8.78 Å². The zero-order chi connectivity index (χ0) is 13.7. The van der Waals surface area contributed by atoms with Crippen LogP contribution < -0.4 is 4.74 Å². The van der Waals surface area contributed by atoms with Gasteiger partial charge in [0.1, 0.15) is 5.75 Å². The summed E-state index contributed by atoms with van der Waals surface area (Å²) < 4.78 is 35.6. The minimum absolute atomic E-state index is 0.000278. The largest absolute Gasteiger partial charge is 0.496 e. The van der Waals surface area contributed by atoms with Crippen molar-refractivity contribution in [3.05, 3.63) is 23.0 Å². The normalized spacial score (nSPS) is 10.6. The number of aryl methyl sites for hydroxylation is 1. The van der Waals surface area contributed by atoms with Gasteiger partial charge in [0.25, 0.3) is 6.43 Å². The third-order valence-corrected chi connectivity index (χ3v) is 2.28. The first kappa shape index (κ1) is 14.3. The molecular formula is C12H15F2NO3. The Morgan fingerprint density at radius 3 is 2.67 bits per heavy atom. The fourth-order valence-electron chi connectivity index (χ4n) is 1.60. The van der Waals surface area contributed by atoms with Gasteiger partial charge < -0.3 is 9.47 Å². The second-order valence-corrected chi connectivity index (χ2v) is 3.61. The van der Waals surface area contributed by atoms with E-state index in [0.29, 0.717) is 5.69 Å². The van der Waals surface area contributed by atoms with E-state index in [1.165, 1.54) is 13.2 Å². The maximum Gasteiger partial charge on any atom is 0.311 e. The van der Waals surface area contributed by atoms with Gasteiger partial charge >= 0.3 is 5.97 Å². The summed E-state index contributed by atoms with van der Waals surface area (Å²) in [5.41, 5.74) is 0.159. The van der Waals surface area contributed by atoms with E-state index >= 15 is 0 Å². The number of nitrogens with zero attached hydrogens (tertiary/aromatic N) is 1. The lowest BCUT2D eigenvalue weighted by Gasteiger charge is -2.13. The molecule has 0 aromatic carbocycles. The Morgan fingerprint density at radius 1 is 1.50 bits per heavy atom. The number of hydrogen-bond donors (Lipinski definition) is 0. The van der Waals surface area contributed by atoms with Crippen molar-refractivity contribution in [2.45, 2.75) is 26.7 Å². The molecule has 0 atom stereocenters. The van der Waals surface area contributed by atoms with Gasteiger partial charge in [-0.05, 0) is 13.8 Å². The predicted molar refractivity (Wildman–Crippen MR) is 60.8 cm³/mol. The van der Waals surface area contributed by atoms with Gasteiger partial charge in [-0.25, -0.2) is 8.78 Å². The number of halogens is 2. The van der Waals surface area contributed by atoms with Crippen LogP contribution in [-0.4, -0.2) is 24.7 Å². The SMILES string of the molecule is CCOC(=O)Cc1nc(C)cc(OC)c1C(F)F. The van der Waals surface area contributed by atoms with E-state index in [-0.39, 0.29) is 30.0 Å². The molecule has 0 saturated carbocycles. The number of aromatic nitrogens is 1. The van der Waals surface area contributed by atoms with Crippen molar-refractivity contribution in [1.29, 1.82) is 0 Å². The van der Waals surface area contributed by atoms with Crippen LogP contribution in [0.2, 0.25) is 0 Å². The summed E-state index contributed by atoms with van der Waals surface area (Å²) >= 11 is 0. The summed E-state index contributed by atoms with van der Waals surface area (Å²) in [5, 5.41) is 0.